The van der Waals surface area contributed by atoms with E-state index >= 15 is 0 Å². The Morgan fingerprint density at radius 3 is 0.564 bits per heavy atom. The first-order chi connectivity index (χ1) is 18.4. The minimum absolute atomic E-state index is 0. The molecule has 0 spiro atoms. The van der Waals surface area contributed by atoms with E-state index in [0.29, 0.717) is 0 Å². The summed E-state index contributed by atoms with van der Waals surface area (Å²) in [4.78, 5) is 0. The predicted molar refractivity (Wildman–Crippen MR) is 180 cm³/mol. The monoisotopic (exact) mass is 557 g/mol. The van der Waals surface area contributed by atoms with Crippen molar-refractivity contribution >= 4 is 0 Å². The summed E-state index contributed by atoms with van der Waals surface area (Å²) in [6, 6.07) is 0. The lowest BCUT2D eigenvalue weighted by Gasteiger charge is -2.06. The van der Waals surface area contributed by atoms with Gasteiger partial charge in [0, 0.05) is 13.2 Å². The zero-order valence-electron chi connectivity index (χ0n) is 27.9. The summed E-state index contributed by atoms with van der Waals surface area (Å²) in [5.41, 5.74) is 0. The third kappa shape index (κ3) is 42.5. The first-order valence-corrected chi connectivity index (χ1v) is 18.0. The molecule has 0 fully saturated rings. The molecule has 0 saturated carbocycles. The van der Waals surface area contributed by atoms with Crippen LogP contribution in [-0.2, 0) is 4.74 Å². The van der Waals surface area contributed by atoms with Gasteiger partial charge < -0.3 is 17.0 Å². The summed E-state index contributed by atoms with van der Waals surface area (Å²) in [6.07, 6.45) is 46.0. The SMILES string of the molecule is CCCCCCCCCCCCCCCCCCOCCCCCCCCCCCCCCCCCC.N.N. The highest BCUT2D eigenvalue weighted by atomic mass is 16.5. The summed E-state index contributed by atoms with van der Waals surface area (Å²) < 4.78 is 5.87. The Balaban J connectivity index is -0.00000648. The molecule has 0 rings (SSSR count). The second-order valence-corrected chi connectivity index (χ2v) is 12.2. The molecule has 0 radical (unpaired) electrons. The van der Waals surface area contributed by atoms with Crippen molar-refractivity contribution < 1.29 is 4.74 Å². The van der Waals surface area contributed by atoms with Crippen LogP contribution in [0.3, 0.4) is 0 Å². The first kappa shape index (κ1) is 43.3. The molecule has 0 aliphatic heterocycles. The lowest BCUT2D eigenvalue weighted by atomic mass is 10.0. The van der Waals surface area contributed by atoms with Gasteiger partial charge in [-0.1, -0.05) is 206 Å². The molecule has 39 heavy (non-hydrogen) atoms. The topological polar surface area (TPSA) is 79.2 Å². The molecule has 0 aromatic rings. The van der Waals surface area contributed by atoms with Gasteiger partial charge in [0.2, 0.25) is 0 Å². The summed E-state index contributed by atoms with van der Waals surface area (Å²) in [6.45, 7) is 6.60. The molecule has 0 saturated heterocycles. The third-order valence-corrected chi connectivity index (χ3v) is 8.28. The quantitative estimate of drug-likeness (QED) is 0.0773. The molecule has 0 unspecified atom stereocenters. The number of ether oxygens (including phenoxy) is 1. The fourth-order valence-corrected chi connectivity index (χ4v) is 5.61. The summed E-state index contributed by atoms with van der Waals surface area (Å²) in [5.74, 6) is 0. The molecule has 0 heterocycles. The Hall–Kier alpha value is -0.120. The fourth-order valence-electron chi connectivity index (χ4n) is 5.61. The van der Waals surface area contributed by atoms with Crippen LogP contribution in [0.25, 0.3) is 0 Å². The van der Waals surface area contributed by atoms with E-state index in [4.69, 9.17) is 4.74 Å². The standard InChI is InChI=1S/C36H74O.2H3N/c1-3-5-7-9-11-13-15-17-19-21-23-25-27-29-31-33-35-37-36-34-32-30-28-26-24-22-20-18-16-14-12-10-8-6-4-2;;/h3-36H2,1-2H3;2*1H3. The number of rotatable bonds is 34. The molecule has 0 amide bonds. The lowest BCUT2D eigenvalue weighted by Crippen LogP contribution is -1.97. The average Bonchev–Trinajstić information content (AvgIpc) is 2.91. The van der Waals surface area contributed by atoms with Gasteiger partial charge in [-0.3, -0.25) is 0 Å². The van der Waals surface area contributed by atoms with Gasteiger partial charge in [-0.25, -0.2) is 0 Å². The van der Waals surface area contributed by atoms with Crippen LogP contribution in [0, 0.1) is 0 Å². The van der Waals surface area contributed by atoms with Crippen molar-refractivity contribution in [2.24, 2.45) is 0 Å². The fraction of sp³-hybridized carbons (Fsp3) is 1.00. The zero-order valence-corrected chi connectivity index (χ0v) is 27.9. The molecular weight excluding hydrogens is 476 g/mol. The van der Waals surface area contributed by atoms with Gasteiger partial charge in [-0.05, 0) is 12.8 Å². The molecule has 3 nitrogen and oxygen atoms in total. The summed E-state index contributed by atoms with van der Waals surface area (Å²) in [7, 11) is 0. The van der Waals surface area contributed by atoms with Crippen molar-refractivity contribution in [2.75, 3.05) is 13.2 Å². The maximum absolute atomic E-state index is 5.87. The zero-order chi connectivity index (χ0) is 26.7. The van der Waals surface area contributed by atoms with Crippen LogP contribution in [0.4, 0.5) is 0 Å². The molecule has 0 aliphatic carbocycles. The van der Waals surface area contributed by atoms with Crippen molar-refractivity contribution in [2.45, 2.75) is 219 Å². The van der Waals surface area contributed by atoms with Crippen LogP contribution in [0.2, 0.25) is 0 Å². The van der Waals surface area contributed by atoms with Gasteiger partial charge in [0.1, 0.15) is 0 Å². The Labute approximate surface area is 249 Å². The molecule has 0 aromatic heterocycles. The van der Waals surface area contributed by atoms with E-state index in [-0.39, 0.29) is 12.3 Å². The van der Waals surface area contributed by atoms with Crippen molar-refractivity contribution in [1.82, 2.24) is 12.3 Å². The Kier molecular flexibility index (Phi) is 47.1. The molecule has 6 N–H and O–H groups in total. The molecule has 0 bridgehead atoms. The van der Waals surface area contributed by atoms with Gasteiger partial charge in [0.15, 0.2) is 0 Å². The minimum Gasteiger partial charge on any atom is -0.381 e. The minimum atomic E-state index is 0. The molecule has 3 heteroatoms. The Bertz CT molecular complexity index is 343. The molecule has 0 atom stereocenters. The number of unbranched alkanes of at least 4 members (excludes halogenated alkanes) is 30. The van der Waals surface area contributed by atoms with E-state index in [0.717, 1.165) is 13.2 Å². The van der Waals surface area contributed by atoms with Gasteiger partial charge in [-0.15, -0.1) is 0 Å². The van der Waals surface area contributed by atoms with Crippen molar-refractivity contribution in [3.05, 3.63) is 0 Å². The van der Waals surface area contributed by atoms with Crippen LogP contribution in [0.5, 0.6) is 0 Å². The maximum Gasteiger partial charge on any atom is 0.0466 e. The van der Waals surface area contributed by atoms with E-state index in [1.54, 1.807) is 0 Å². The van der Waals surface area contributed by atoms with E-state index in [2.05, 4.69) is 13.8 Å². The largest absolute Gasteiger partial charge is 0.381 e. The van der Waals surface area contributed by atoms with E-state index in [1.165, 1.54) is 205 Å². The highest BCUT2D eigenvalue weighted by molar-refractivity contribution is 4.52. The van der Waals surface area contributed by atoms with Gasteiger partial charge in [-0.2, -0.15) is 0 Å². The van der Waals surface area contributed by atoms with E-state index in [9.17, 15) is 0 Å². The van der Waals surface area contributed by atoms with Crippen molar-refractivity contribution in [3.8, 4) is 0 Å². The predicted octanol–water partition coefficient (Wildman–Crippen LogP) is 13.8. The molecule has 0 aliphatic rings. The van der Waals surface area contributed by atoms with Crippen LogP contribution in [-0.4, -0.2) is 13.2 Å². The normalized spacial score (nSPS) is 10.9. The van der Waals surface area contributed by atoms with Crippen LogP contribution < -0.4 is 12.3 Å². The smallest absolute Gasteiger partial charge is 0.0466 e. The number of hydrogen-bond acceptors (Lipinski definition) is 3. The third-order valence-electron chi connectivity index (χ3n) is 8.28. The second-order valence-electron chi connectivity index (χ2n) is 12.2. The van der Waals surface area contributed by atoms with Crippen LogP contribution in [0.15, 0.2) is 0 Å². The summed E-state index contributed by atoms with van der Waals surface area (Å²) >= 11 is 0. The van der Waals surface area contributed by atoms with Crippen LogP contribution >= 0.6 is 0 Å². The molecule has 240 valence electrons. The van der Waals surface area contributed by atoms with Crippen molar-refractivity contribution in [3.63, 3.8) is 0 Å². The van der Waals surface area contributed by atoms with Crippen LogP contribution in [0.1, 0.15) is 219 Å². The Morgan fingerprint density at radius 1 is 0.231 bits per heavy atom. The maximum atomic E-state index is 5.87. The average molecular weight is 557 g/mol. The highest BCUT2D eigenvalue weighted by Gasteiger charge is 1.97. The molecule has 0 aromatic carbocycles. The highest BCUT2D eigenvalue weighted by Crippen LogP contribution is 2.15. The van der Waals surface area contributed by atoms with Gasteiger partial charge >= 0.3 is 0 Å². The van der Waals surface area contributed by atoms with Gasteiger partial charge in [0.05, 0.1) is 0 Å². The van der Waals surface area contributed by atoms with Crippen molar-refractivity contribution in [1.29, 1.82) is 0 Å². The number of hydrogen-bond donors (Lipinski definition) is 2. The van der Waals surface area contributed by atoms with Gasteiger partial charge in [0.25, 0.3) is 0 Å². The lowest BCUT2D eigenvalue weighted by molar-refractivity contribution is 0.125. The van der Waals surface area contributed by atoms with E-state index in [1.807, 2.05) is 0 Å². The second kappa shape index (κ2) is 42.3. The van der Waals surface area contributed by atoms with E-state index < -0.39 is 0 Å². The first-order valence-electron chi connectivity index (χ1n) is 18.0. The molecular formula is C36H80N2O. The summed E-state index contributed by atoms with van der Waals surface area (Å²) in [5, 5.41) is 0. The Morgan fingerprint density at radius 2 is 0.385 bits per heavy atom.